The quantitative estimate of drug-likeness (QED) is 0.928. The number of hydrogen-bond donors (Lipinski definition) is 1. The van der Waals surface area contributed by atoms with Crippen LogP contribution in [0.25, 0.3) is 0 Å². The van der Waals surface area contributed by atoms with Crippen LogP contribution < -0.4 is 5.32 Å². The van der Waals surface area contributed by atoms with Gasteiger partial charge in [-0.3, -0.25) is 9.59 Å². The van der Waals surface area contributed by atoms with Crippen LogP contribution in [0.2, 0.25) is 0 Å². The molecule has 1 fully saturated rings. The van der Waals surface area contributed by atoms with Crippen molar-refractivity contribution >= 4 is 23.2 Å². The molecule has 2 unspecified atom stereocenters. The van der Waals surface area contributed by atoms with E-state index in [1.165, 1.54) is 4.88 Å². The van der Waals surface area contributed by atoms with Gasteiger partial charge in [0.15, 0.2) is 0 Å². The Kier molecular flexibility index (Phi) is 4.81. The molecule has 110 valence electrons. The lowest BCUT2D eigenvalue weighted by molar-refractivity contribution is -0.136. The first kappa shape index (κ1) is 15.0. The molecule has 1 saturated heterocycles. The van der Waals surface area contributed by atoms with Crippen molar-refractivity contribution in [3.05, 3.63) is 22.4 Å². The topological polar surface area (TPSA) is 49.4 Å². The first-order valence-electron chi connectivity index (χ1n) is 7.17. The summed E-state index contributed by atoms with van der Waals surface area (Å²) < 4.78 is 0. The molecule has 0 bridgehead atoms. The Morgan fingerprint density at radius 1 is 1.45 bits per heavy atom. The van der Waals surface area contributed by atoms with E-state index < -0.39 is 0 Å². The lowest BCUT2D eigenvalue weighted by Gasteiger charge is -2.34. The van der Waals surface area contributed by atoms with Gasteiger partial charge in [-0.2, -0.15) is 0 Å². The molecule has 0 saturated carbocycles. The van der Waals surface area contributed by atoms with Gasteiger partial charge in [0.25, 0.3) is 0 Å². The molecule has 2 rings (SSSR count). The zero-order chi connectivity index (χ0) is 14.7. The van der Waals surface area contributed by atoms with Crippen molar-refractivity contribution in [2.75, 3.05) is 6.54 Å². The lowest BCUT2D eigenvalue weighted by atomic mass is 9.99. The van der Waals surface area contributed by atoms with Crippen LogP contribution in [0.15, 0.2) is 17.5 Å². The number of nitrogens with zero attached hydrogens (tertiary/aromatic N) is 1. The van der Waals surface area contributed by atoms with Gasteiger partial charge in [-0.25, -0.2) is 0 Å². The minimum Gasteiger partial charge on any atom is -0.344 e. The molecule has 20 heavy (non-hydrogen) atoms. The molecular formula is C15H22N2O2S. The summed E-state index contributed by atoms with van der Waals surface area (Å²) in [5.74, 6) is 0.343. The van der Waals surface area contributed by atoms with Crippen molar-refractivity contribution in [3.63, 3.8) is 0 Å². The van der Waals surface area contributed by atoms with Gasteiger partial charge in [-0.15, -0.1) is 11.3 Å². The van der Waals surface area contributed by atoms with Crippen LogP contribution in [0.5, 0.6) is 0 Å². The molecule has 4 nitrogen and oxygen atoms in total. The molecule has 2 atom stereocenters. The minimum atomic E-state index is -0.383. The van der Waals surface area contributed by atoms with E-state index in [2.05, 4.69) is 25.2 Å². The second-order valence-electron chi connectivity index (χ2n) is 5.51. The molecule has 2 amide bonds. The third-order valence-corrected chi connectivity index (χ3v) is 4.65. The van der Waals surface area contributed by atoms with Crippen molar-refractivity contribution in [2.45, 2.75) is 45.7 Å². The molecule has 0 radical (unpaired) electrons. The fourth-order valence-corrected chi connectivity index (χ4v) is 3.73. The minimum absolute atomic E-state index is 0.0265. The lowest BCUT2D eigenvalue weighted by Crippen LogP contribution is -2.46. The Morgan fingerprint density at radius 3 is 2.75 bits per heavy atom. The van der Waals surface area contributed by atoms with Gasteiger partial charge in [0, 0.05) is 17.8 Å². The summed E-state index contributed by atoms with van der Waals surface area (Å²) in [5, 5.41) is 4.86. The molecule has 0 aliphatic carbocycles. The molecule has 0 spiro atoms. The smallest absolute Gasteiger partial charge is 0.245 e. The number of carbonyl (C=O) groups is 2. The Labute approximate surface area is 124 Å². The highest BCUT2D eigenvalue weighted by Crippen LogP contribution is 2.33. The van der Waals surface area contributed by atoms with E-state index >= 15 is 0 Å². The van der Waals surface area contributed by atoms with Crippen LogP contribution in [0.4, 0.5) is 0 Å². The fraction of sp³-hybridized carbons (Fsp3) is 0.600. The third-order valence-electron chi connectivity index (χ3n) is 3.71. The van der Waals surface area contributed by atoms with E-state index in [4.69, 9.17) is 0 Å². The summed E-state index contributed by atoms with van der Waals surface area (Å²) in [7, 11) is 0. The van der Waals surface area contributed by atoms with E-state index in [1.54, 1.807) is 11.3 Å². The van der Waals surface area contributed by atoms with Crippen LogP contribution in [-0.2, 0) is 9.59 Å². The van der Waals surface area contributed by atoms with E-state index in [1.807, 2.05) is 23.3 Å². The van der Waals surface area contributed by atoms with E-state index in [-0.39, 0.29) is 23.9 Å². The Balaban J connectivity index is 2.31. The molecule has 1 aromatic rings. The second kappa shape index (κ2) is 6.39. The van der Waals surface area contributed by atoms with Gasteiger partial charge in [-0.1, -0.05) is 26.8 Å². The van der Waals surface area contributed by atoms with Crippen molar-refractivity contribution in [2.24, 2.45) is 5.92 Å². The highest BCUT2D eigenvalue weighted by Gasteiger charge is 2.35. The standard InChI is InChI=1S/C15H22N2O2S/c1-4-11-15(19)17(8-7-13(18)16-11)14(10(2)3)12-6-5-9-20-12/h5-6,9-11,14H,4,7-8H2,1-3H3,(H,16,18). The van der Waals surface area contributed by atoms with E-state index in [0.29, 0.717) is 25.3 Å². The average molecular weight is 294 g/mol. The Hall–Kier alpha value is -1.36. The number of thiophene rings is 1. The third kappa shape index (κ3) is 3.03. The Bertz CT molecular complexity index is 470. The zero-order valence-electron chi connectivity index (χ0n) is 12.3. The molecule has 5 heteroatoms. The predicted molar refractivity (Wildman–Crippen MR) is 80.4 cm³/mol. The highest BCUT2D eigenvalue weighted by molar-refractivity contribution is 7.10. The summed E-state index contributed by atoms with van der Waals surface area (Å²) in [6.07, 6.45) is 1.02. The van der Waals surface area contributed by atoms with Crippen LogP contribution in [0, 0.1) is 5.92 Å². The second-order valence-corrected chi connectivity index (χ2v) is 6.49. The van der Waals surface area contributed by atoms with Crippen molar-refractivity contribution in [1.29, 1.82) is 0 Å². The average Bonchev–Trinajstić information content (AvgIpc) is 2.88. The monoisotopic (exact) mass is 294 g/mol. The zero-order valence-corrected chi connectivity index (χ0v) is 13.1. The number of carbonyl (C=O) groups excluding carboxylic acids is 2. The van der Waals surface area contributed by atoms with Gasteiger partial charge in [-0.05, 0) is 23.8 Å². The highest BCUT2D eigenvalue weighted by atomic mass is 32.1. The van der Waals surface area contributed by atoms with Crippen molar-refractivity contribution in [1.82, 2.24) is 10.2 Å². The van der Waals surface area contributed by atoms with Crippen LogP contribution >= 0.6 is 11.3 Å². The number of amides is 2. The molecule has 0 aromatic carbocycles. The normalized spacial score (nSPS) is 21.8. The molecule has 1 aromatic heterocycles. The Morgan fingerprint density at radius 2 is 2.20 bits per heavy atom. The summed E-state index contributed by atoms with van der Waals surface area (Å²) in [6, 6.07) is 3.76. The van der Waals surface area contributed by atoms with Crippen molar-refractivity contribution in [3.8, 4) is 0 Å². The first-order valence-corrected chi connectivity index (χ1v) is 8.05. The maximum Gasteiger partial charge on any atom is 0.245 e. The van der Waals surface area contributed by atoms with Gasteiger partial charge in [0.05, 0.1) is 6.04 Å². The summed E-state index contributed by atoms with van der Waals surface area (Å²) in [4.78, 5) is 27.5. The number of hydrogen-bond acceptors (Lipinski definition) is 3. The molecule has 1 aliphatic heterocycles. The molecular weight excluding hydrogens is 272 g/mol. The number of rotatable bonds is 4. The van der Waals surface area contributed by atoms with E-state index in [0.717, 1.165) is 0 Å². The van der Waals surface area contributed by atoms with Crippen molar-refractivity contribution < 1.29 is 9.59 Å². The van der Waals surface area contributed by atoms with Gasteiger partial charge in [0.1, 0.15) is 6.04 Å². The first-order chi connectivity index (χ1) is 9.54. The molecule has 2 heterocycles. The summed E-state index contributed by atoms with van der Waals surface area (Å²) >= 11 is 1.67. The van der Waals surface area contributed by atoms with Gasteiger partial charge >= 0.3 is 0 Å². The predicted octanol–water partition coefficient (Wildman–Crippen LogP) is 2.57. The largest absolute Gasteiger partial charge is 0.344 e. The van der Waals surface area contributed by atoms with Crippen LogP contribution in [0.1, 0.15) is 44.5 Å². The van der Waals surface area contributed by atoms with Gasteiger partial charge < -0.3 is 10.2 Å². The van der Waals surface area contributed by atoms with Gasteiger partial charge in [0.2, 0.25) is 11.8 Å². The SMILES string of the molecule is CCC1NC(=O)CCN(C(c2cccs2)C(C)C)C1=O. The summed E-state index contributed by atoms with van der Waals surface area (Å²) in [5.41, 5.74) is 0. The van der Waals surface area contributed by atoms with E-state index in [9.17, 15) is 9.59 Å². The maximum absolute atomic E-state index is 12.7. The van der Waals surface area contributed by atoms with Crippen LogP contribution in [-0.4, -0.2) is 29.3 Å². The van der Waals surface area contributed by atoms with Crippen LogP contribution in [0.3, 0.4) is 0 Å². The fourth-order valence-electron chi connectivity index (χ4n) is 2.72. The maximum atomic E-state index is 12.7. The summed E-state index contributed by atoms with van der Waals surface area (Å²) in [6.45, 7) is 6.68. The molecule has 1 aliphatic rings. The molecule has 1 N–H and O–H groups in total. The number of nitrogens with one attached hydrogen (secondary N) is 1.